The summed E-state index contributed by atoms with van der Waals surface area (Å²) < 4.78 is 0. The number of halogens is 1. The number of hydrogen-bond acceptors (Lipinski definition) is 3. The fourth-order valence-electron chi connectivity index (χ4n) is 1.29. The predicted molar refractivity (Wildman–Crippen MR) is 59.4 cm³/mol. The van der Waals surface area contributed by atoms with E-state index < -0.39 is 5.97 Å². The van der Waals surface area contributed by atoms with Gasteiger partial charge in [0.2, 0.25) is 0 Å². The van der Waals surface area contributed by atoms with Gasteiger partial charge >= 0.3 is 5.97 Å². The van der Waals surface area contributed by atoms with Gasteiger partial charge in [0.05, 0.1) is 23.7 Å². The molecule has 0 spiro atoms. The van der Waals surface area contributed by atoms with Crippen molar-refractivity contribution in [2.24, 2.45) is 0 Å². The number of hydrogen-bond donors (Lipinski definition) is 1. The van der Waals surface area contributed by atoms with Crippen LogP contribution >= 0.6 is 11.6 Å². The minimum absolute atomic E-state index is 0.208. The van der Waals surface area contributed by atoms with E-state index in [2.05, 4.69) is 9.97 Å². The molecule has 2 aromatic rings. The minimum Gasteiger partial charge on any atom is -0.478 e. The average Bonchev–Trinajstić information content (AvgIpc) is 2.29. The first-order chi connectivity index (χ1) is 7.66. The van der Waals surface area contributed by atoms with Gasteiger partial charge in [-0.25, -0.2) is 9.78 Å². The standard InChI is InChI=1S/C11H7ClN2O2/c12-10-6-13-5-9(14-10)7-2-1-3-8(4-7)11(15)16/h1-6H,(H,15,16). The first-order valence-electron chi connectivity index (χ1n) is 4.48. The van der Waals surface area contributed by atoms with Crippen LogP contribution in [0.5, 0.6) is 0 Å². The Hall–Kier alpha value is -1.94. The molecule has 1 aromatic carbocycles. The fourth-order valence-corrected chi connectivity index (χ4v) is 1.44. The van der Waals surface area contributed by atoms with Crippen molar-refractivity contribution in [2.75, 3.05) is 0 Å². The van der Waals surface area contributed by atoms with Crippen molar-refractivity contribution in [3.05, 3.63) is 47.4 Å². The number of aromatic carboxylic acids is 1. The van der Waals surface area contributed by atoms with E-state index >= 15 is 0 Å². The molecule has 80 valence electrons. The zero-order valence-electron chi connectivity index (χ0n) is 8.09. The third-order valence-electron chi connectivity index (χ3n) is 2.01. The normalized spacial score (nSPS) is 10.1. The van der Waals surface area contributed by atoms with Gasteiger partial charge in [-0.2, -0.15) is 0 Å². The summed E-state index contributed by atoms with van der Waals surface area (Å²) in [5.74, 6) is -0.975. The van der Waals surface area contributed by atoms with E-state index in [-0.39, 0.29) is 10.7 Å². The molecule has 0 fully saturated rings. The number of aromatic nitrogens is 2. The van der Waals surface area contributed by atoms with Gasteiger partial charge in [-0.3, -0.25) is 4.98 Å². The quantitative estimate of drug-likeness (QED) is 0.867. The topological polar surface area (TPSA) is 63.1 Å². The van der Waals surface area contributed by atoms with Crippen LogP contribution in [0.1, 0.15) is 10.4 Å². The third-order valence-corrected chi connectivity index (χ3v) is 2.19. The maximum Gasteiger partial charge on any atom is 0.335 e. The summed E-state index contributed by atoms with van der Waals surface area (Å²) in [5.41, 5.74) is 1.43. The van der Waals surface area contributed by atoms with E-state index in [1.165, 1.54) is 24.5 Å². The summed E-state index contributed by atoms with van der Waals surface area (Å²) in [5, 5.41) is 9.12. The van der Waals surface area contributed by atoms with E-state index in [0.717, 1.165) is 0 Å². The Morgan fingerprint density at radius 1 is 1.31 bits per heavy atom. The van der Waals surface area contributed by atoms with Crippen LogP contribution in [0.2, 0.25) is 5.15 Å². The summed E-state index contributed by atoms with van der Waals surface area (Å²) in [6, 6.07) is 6.46. The molecular weight excluding hydrogens is 228 g/mol. The molecule has 0 aliphatic heterocycles. The first-order valence-corrected chi connectivity index (χ1v) is 4.86. The Kier molecular flexibility index (Phi) is 2.83. The van der Waals surface area contributed by atoms with E-state index in [9.17, 15) is 4.79 Å². The van der Waals surface area contributed by atoms with Crippen molar-refractivity contribution in [3.63, 3.8) is 0 Å². The monoisotopic (exact) mass is 234 g/mol. The number of carboxylic acids is 1. The molecule has 0 aliphatic rings. The lowest BCUT2D eigenvalue weighted by Crippen LogP contribution is -1.96. The second-order valence-electron chi connectivity index (χ2n) is 3.11. The lowest BCUT2D eigenvalue weighted by atomic mass is 10.1. The number of carboxylic acid groups (broad SMARTS) is 1. The lowest BCUT2D eigenvalue weighted by molar-refractivity contribution is 0.0697. The van der Waals surface area contributed by atoms with Crippen LogP contribution in [0.3, 0.4) is 0 Å². The highest BCUT2D eigenvalue weighted by atomic mass is 35.5. The molecule has 0 aliphatic carbocycles. The highest BCUT2D eigenvalue weighted by molar-refractivity contribution is 6.29. The molecule has 1 N–H and O–H groups in total. The van der Waals surface area contributed by atoms with Gasteiger partial charge in [0.15, 0.2) is 0 Å². The van der Waals surface area contributed by atoms with Crippen LogP contribution in [0, 0.1) is 0 Å². The summed E-state index contributed by atoms with van der Waals surface area (Å²) in [4.78, 5) is 18.7. The molecule has 0 saturated carbocycles. The molecule has 0 saturated heterocycles. The highest BCUT2D eigenvalue weighted by Gasteiger charge is 2.06. The van der Waals surface area contributed by atoms with Gasteiger partial charge < -0.3 is 5.11 Å². The van der Waals surface area contributed by atoms with Gasteiger partial charge in [0.25, 0.3) is 0 Å². The number of rotatable bonds is 2. The smallest absolute Gasteiger partial charge is 0.335 e. The summed E-state index contributed by atoms with van der Waals surface area (Å²) in [6.07, 6.45) is 2.96. The van der Waals surface area contributed by atoms with E-state index in [4.69, 9.17) is 16.7 Å². The lowest BCUT2D eigenvalue weighted by Gasteiger charge is -2.01. The maximum absolute atomic E-state index is 10.8. The third kappa shape index (κ3) is 2.17. The van der Waals surface area contributed by atoms with Crippen LogP contribution in [0.25, 0.3) is 11.3 Å². The molecule has 0 atom stereocenters. The van der Waals surface area contributed by atoms with Crippen molar-refractivity contribution in [1.29, 1.82) is 0 Å². The summed E-state index contributed by atoms with van der Waals surface area (Å²) in [6.45, 7) is 0. The van der Waals surface area contributed by atoms with Crippen molar-refractivity contribution in [3.8, 4) is 11.3 Å². The Labute approximate surface area is 96.6 Å². The van der Waals surface area contributed by atoms with Crippen molar-refractivity contribution in [2.45, 2.75) is 0 Å². The summed E-state index contributed by atoms with van der Waals surface area (Å²) in [7, 11) is 0. The van der Waals surface area contributed by atoms with Crippen molar-refractivity contribution >= 4 is 17.6 Å². The Balaban J connectivity index is 2.48. The second-order valence-corrected chi connectivity index (χ2v) is 3.50. The SMILES string of the molecule is O=C(O)c1cccc(-c2cncc(Cl)n2)c1. The molecule has 0 amide bonds. The van der Waals surface area contributed by atoms with Gasteiger partial charge in [-0.1, -0.05) is 23.7 Å². The summed E-state index contributed by atoms with van der Waals surface area (Å²) >= 11 is 5.71. The van der Waals surface area contributed by atoms with Crippen molar-refractivity contribution in [1.82, 2.24) is 9.97 Å². The predicted octanol–water partition coefficient (Wildman–Crippen LogP) is 2.50. The Morgan fingerprint density at radius 3 is 2.81 bits per heavy atom. The van der Waals surface area contributed by atoms with Gasteiger partial charge in [-0.05, 0) is 12.1 Å². The first kappa shape index (κ1) is 10.6. The van der Waals surface area contributed by atoms with Crippen LogP contribution in [-0.4, -0.2) is 21.0 Å². The van der Waals surface area contributed by atoms with Gasteiger partial charge in [0, 0.05) is 5.56 Å². The Morgan fingerprint density at radius 2 is 2.12 bits per heavy atom. The maximum atomic E-state index is 10.8. The molecule has 0 radical (unpaired) electrons. The van der Waals surface area contributed by atoms with E-state index in [0.29, 0.717) is 11.3 Å². The van der Waals surface area contributed by atoms with Gasteiger partial charge in [0.1, 0.15) is 5.15 Å². The molecule has 1 heterocycles. The van der Waals surface area contributed by atoms with Crippen molar-refractivity contribution < 1.29 is 9.90 Å². The molecule has 2 rings (SSSR count). The van der Waals surface area contributed by atoms with Crippen LogP contribution < -0.4 is 0 Å². The molecular formula is C11H7ClN2O2. The average molecular weight is 235 g/mol. The molecule has 5 heteroatoms. The number of benzene rings is 1. The molecule has 0 bridgehead atoms. The second kappa shape index (κ2) is 4.28. The number of carbonyl (C=O) groups is 1. The minimum atomic E-state index is -0.975. The van der Waals surface area contributed by atoms with E-state index in [1.54, 1.807) is 12.1 Å². The molecule has 0 unspecified atom stereocenters. The molecule has 4 nitrogen and oxygen atoms in total. The zero-order valence-corrected chi connectivity index (χ0v) is 8.85. The zero-order chi connectivity index (χ0) is 11.5. The van der Waals surface area contributed by atoms with Crippen LogP contribution in [0.4, 0.5) is 0 Å². The van der Waals surface area contributed by atoms with Gasteiger partial charge in [-0.15, -0.1) is 0 Å². The number of nitrogens with zero attached hydrogens (tertiary/aromatic N) is 2. The Bertz CT molecular complexity index is 543. The molecule has 1 aromatic heterocycles. The molecule has 16 heavy (non-hydrogen) atoms. The van der Waals surface area contributed by atoms with Crippen LogP contribution in [0.15, 0.2) is 36.7 Å². The largest absolute Gasteiger partial charge is 0.478 e. The highest BCUT2D eigenvalue weighted by Crippen LogP contribution is 2.18. The van der Waals surface area contributed by atoms with E-state index in [1.807, 2.05) is 0 Å². The fraction of sp³-hybridized carbons (Fsp3) is 0. The van der Waals surface area contributed by atoms with Crippen LogP contribution in [-0.2, 0) is 0 Å².